The molecule has 1 heterocycles. The molecule has 0 spiro atoms. The van der Waals surface area contributed by atoms with Crippen LogP contribution in [0.3, 0.4) is 0 Å². The number of unbranched alkanes of at least 4 members (excludes halogenated alkanes) is 4. The van der Waals surface area contributed by atoms with Gasteiger partial charge in [-0.05, 0) is 19.8 Å². The van der Waals surface area contributed by atoms with Crippen molar-refractivity contribution >= 4 is 0 Å². The standard InChI is InChI=1S/C16H29NO/c1-4-6-7-8-9-10-11-16(3,5-2)17-12-14-18-15-13-17/h4-9,12-15H2,1-3H3. The molecule has 0 aromatic heterocycles. The van der Waals surface area contributed by atoms with Crippen LogP contribution in [0.1, 0.15) is 59.3 Å². The minimum atomic E-state index is 0.0501. The van der Waals surface area contributed by atoms with E-state index < -0.39 is 0 Å². The van der Waals surface area contributed by atoms with Crippen LogP contribution in [0.5, 0.6) is 0 Å². The molecule has 0 aliphatic carbocycles. The lowest BCUT2D eigenvalue weighted by atomic mass is 9.96. The summed E-state index contributed by atoms with van der Waals surface area (Å²) in [5, 5.41) is 0. The predicted molar refractivity (Wildman–Crippen MR) is 77.6 cm³/mol. The smallest absolute Gasteiger partial charge is 0.0796 e. The van der Waals surface area contributed by atoms with Gasteiger partial charge in [-0.25, -0.2) is 0 Å². The number of hydrogen-bond acceptors (Lipinski definition) is 2. The van der Waals surface area contributed by atoms with Crippen molar-refractivity contribution < 1.29 is 4.74 Å². The fraction of sp³-hybridized carbons (Fsp3) is 0.875. The van der Waals surface area contributed by atoms with Crippen molar-refractivity contribution in [3.63, 3.8) is 0 Å². The Morgan fingerprint density at radius 1 is 1.11 bits per heavy atom. The molecule has 1 saturated heterocycles. The summed E-state index contributed by atoms with van der Waals surface area (Å²) in [5.41, 5.74) is 0.0501. The Kier molecular flexibility index (Phi) is 7.39. The highest BCUT2D eigenvalue weighted by Gasteiger charge is 2.29. The number of ether oxygens (including phenoxy) is 1. The van der Waals surface area contributed by atoms with Crippen LogP contribution in [0.15, 0.2) is 0 Å². The Labute approximate surface area is 113 Å². The van der Waals surface area contributed by atoms with E-state index in [9.17, 15) is 0 Å². The van der Waals surface area contributed by atoms with E-state index >= 15 is 0 Å². The Hall–Kier alpha value is -0.520. The maximum Gasteiger partial charge on any atom is 0.0796 e. The molecule has 0 aromatic carbocycles. The molecule has 1 aliphatic rings. The third kappa shape index (κ3) is 5.00. The Balaban J connectivity index is 2.40. The van der Waals surface area contributed by atoms with E-state index in [2.05, 4.69) is 37.5 Å². The van der Waals surface area contributed by atoms with Crippen LogP contribution in [-0.2, 0) is 4.74 Å². The van der Waals surface area contributed by atoms with Gasteiger partial charge in [-0.15, -0.1) is 5.92 Å². The highest BCUT2D eigenvalue weighted by atomic mass is 16.5. The van der Waals surface area contributed by atoms with Crippen LogP contribution in [0.25, 0.3) is 0 Å². The van der Waals surface area contributed by atoms with Gasteiger partial charge in [0.05, 0.1) is 18.8 Å². The van der Waals surface area contributed by atoms with E-state index in [0.29, 0.717) is 0 Å². The molecule has 0 bridgehead atoms. The van der Waals surface area contributed by atoms with Crippen LogP contribution >= 0.6 is 0 Å². The lowest BCUT2D eigenvalue weighted by Gasteiger charge is -2.39. The van der Waals surface area contributed by atoms with Gasteiger partial charge in [0, 0.05) is 19.5 Å². The zero-order chi connectivity index (χ0) is 13.3. The van der Waals surface area contributed by atoms with Gasteiger partial charge in [-0.2, -0.15) is 0 Å². The van der Waals surface area contributed by atoms with E-state index in [-0.39, 0.29) is 5.54 Å². The molecular weight excluding hydrogens is 222 g/mol. The molecule has 0 amide bonds. The summed E-state index contributed by atoms with van der Waals surface area (Å²) >= 11 is 0. The number of rotatable bonds is 6. The Bertz CT molecular complexity index is 273. The van der Waals surface area contributed by atoms with Gasteiger partial charge in [0.1, 0.15) is 0 Å². The van der Waals surface area contributed by atoms with Crippen molar-refractivity contribution in [1.29, 1.82) is 0 Å². The van der Waals surface area contributed by atoms with Crippen LogP contribution < -0.4 is 0 Å². The first-order valence-corrected chi connectivity index (χ1v) is 7.55. The molecule has 1 unspecified atom stereocenters. The number of hydrogen-bond donors (Lipinski definition) is 0. The van der Waals surface area contributed by atoms with Gasteiger partial charge in [-0.3, -0.25) is 4.90 Å². The average Bonchev–Trinajstić information content (AvgIpc) is 2.43. The molecule has 104 valence electrons. The second kappa shape index (κ2) is 8.56. The lowest BCUT2D eigenvalue weighted by molar-refractivity contribution is 0.00135. The minimum absolute atomic E-state index is 0.0501. The summed E-state index contributed by atoms with van der Waals surface area (Å²) in [6.07, 6.45) is 7.37. The monoisotopic (exact) mass is 251 g/mol. The first-order valence-electron chi connectivity index (χ1n) is 7.55. The zero-order valence-corrected chi connectivity index (χ0v) is 12.4. The molecular formula is C16H29NO. The largest absolute Gasteiger partial charge is 0.379 e. The van der Waals surface area contributed by atoms with Gasteiger partial charge in [0.25, 0.3) is 0 Å². The van der Waals surface area contributed by atoms with Crippen LogP contribution in [-0.4, -0.2) is 36.7 Å². The lowest BCUT2D eigenvalue weighted by Crippen LogP contribution is -2.50. The molecule has 0 saturated carbocycles. The van der Waals surface area contributed by atoms with Crippen molar-refractivity contribution in [2.24, 2.45) is 0 Å². The number of morpholine rings is 1. The normalized spacial score (nSPS) is 19.9. The van der Waals surface area contributed by atoms with E-state index in [4.69, 9.17) is 4.74 Å². The second-order valence-corrected chi connectivity index (χ2v) is 5.34. The fourth-order valence-corrected chi connectivity index (χ4v) is 2.34. The fourth-order valence-electron chi connectivity index (χ4n) is 2.34. The van der Waals surface area contributed by atoms with E-state index in [1.54, 1.807) is 0 Å². The molecule has 0 N–H and O–H groups in total. The minimum Gasteiger partial charge on any atom is -0.379 e. The maximum atomic E-state index is 5.42. The number of nitrogens with zero attached hydrogens (tertiary/aromatic N) is 1. The molecule has 1 fully saturated rings. The van der Waals surface area contributed by atoms with Gasteiger partial charge >= 0.3 is 0 Å². The Morgan fingerprint density at radius 2 is 1.83 bits per heavy atom. The van der Waals surface area contributed by atoms with Crippen molar-refractivity contribution in [2.75, 3.05) is 26.3 Å². The van der Waals surface area contributed by atoms with Gasteiger partial charge in [0.15, 0.2) is 0 Å². The molecule has 0 aromatic rings. The SMILES string of the molecule is CCCCCCC#CC(C)(CC)N1CCOCC1. The first-order chi connectivity index (χ1) is 8.73. The summed E-state index contributed by atoms with van der Waals surface area (Å²) in [5.74, 6) is 6.91. The zero-order valence-electron chi connectivity index (χ0n) is 12.4. The molecule has 1 aliphatic heterocycles. The molecule has 0 radical (unpaired) electrons. The third-order valence-corrected chi connectivity index (χ3v) is 3.91. The first kappa shape index (κ1) is 15.5. The quantitative estimate of drug-likeness (QED) is 0.529. The van der Waals surface area contributed by atoms with Crippen LogP contribution in [0.2, 0.25) is 0 Å². The summed E-state index contributed by atoms with van der Waals surface area (Å²) in [6, 6.07) is 0. The highest BCUT2D eigenvalue weighted by molar-refractivity contribution is 5.16. The molecule has 2 heteroatoms. The van der Waals surface area contributed by atoms with E-state index in [1.165, 1.54) is 25.7 Å². The van der Waals surface area contributed by atoms with Crippen molar-refractivity contribution in [2.45, 2.75) is 64.8 Å². The maximum absolute atomic E-state index is 5.42. The van der Waals surface area contributed by atoms with Crippen molar-refractivity contribution in [1.82, 2.24) is 4.90 Å². The molecule has 1 rings (SSSR count). The van der Waals surface area contributed by atoms with Crippen molar-refractivity contribution in [3.8, 4) is 11.8 Å². The van der Waals surface area contributed by atoms with Gasteiger partial charge < -0.3 is 4.74 Å². The third-order valence-electron chi connectivity index (χ3n) is 3.91. The topological polar surface area (TPSA) is 12.5 Å². The molecule has 1 atom stereocenters. The Morgan fingerprint density at radius 3 is 2.44 bits per heavy atom. The van der Waals surface area contributed by atoms with Crippen LogP contribution in [0.4, 0.5) is 0 Å². The molecule has 18 heavy (non-hydrogen) atoms. The van der Waals surface area contributed by atoms with E-state index in [0.717, 1.165) is 39.1 Å². The van der Waals surface area contributed by atoms with Gasteiger partial charge in [-0.1, -0.05) is 39.0 Å². The highest BCUT2D eigenvalue weighted by Crippen LogP contribution is 2.19. The van der Waals surface area contributed by atoms with Crippen molar-refractivity contribution in [3.05, 3.63) is 0 Å². The molecule has 2 nitrogen and oxygen atoms in total. The summed E-state index contributed by atoms with van der Waals surface area (Å²) in [4.78, 5) is 2.48. The summed E-state index contributed by atoms with van der Waals surface area (Å²) in [6.45, 7) is 10.5. The summed E-state index contributed by atoms with van der Waals surface area (Å²) < 4.78 is 5.42. The summed E-state index contributed by atoms with van der Waals surface area (Å²) in [7, 11) is 0. The van der Waals surface area contributed by atoms with Crippen LogP contribution in [0, 0.1) is 11.8 Å². The average molecular weight is 251 g/mol. The second-order valence-electron chi connectivity index (χ2n) is 5.34. The van der Waals surface area contributed by atoms with Gasteiger partial charge in [0.2, 0.25) is 0 Å². The predicted octanol–water partition coefficient (Wildman–Crippen LogP) is 3.46. The van der Waals surface area contributed by atoms with E-state index in [1.807, 2.05) is 0 Å².